The highest BCUT2D eigenvalue weighted by molar-refractivity contribution is 6.32. The van der Waals surface area contributed by atoms with Crippen molar-refractivity contribution in [3.63, 3.8) is 0 Å². The van der Waals surface area contributed by atoms with Gasteiger partial charge in [0.05, 0.1) is 12.5 Å². The molecule has 1 unspecified atom stereocenters. The zero-order valence-electron chi connectivity index (χ0n) is 8.61. The third kappa shape index (κ3) is 2.48. The van der Waals surface area contributed by atoms with Gasteiger partial charge in [-0.25, -0.2) is 9.97 Å². The second kappa shape index (κ2) is 4.80. The van der Waals surface area contributed by atoms with Crippen LogP contribution in [-0.2, 0) is 0 Å². The largest absolute Gasteiger partial charge is 0.393 e. The Labute approximate surface area is 93.5 Å². The van der Waals surface area contributed by atoms with Gasteiger partial charge in [-0.2, -0.15) is 5.26 Å². The topological polar surface area (TPSA) is 78.8 Å². The van der Waals surface area contributed by atoms with E-state index >= 15 is 0 Å². The zero-order valence-corrected chi connectivity index (χ0v) is 9.36. The molecular weight excluding hydrogens is 214 g/mol. The SMILES string of the molecule is CC(CC#N)N(C)c1ncnc(Cl)c1N. The van der Waals surface area contributed by atoms with E-state index < -0.39 is 0 Å². The average Bonchev–Trinajstić information content (AvgIpc) is 2.21. The number of aromatic nitrogens is 2. The van der Waals surface area contributed by atoms with Crippen LogP contribution in [0.1, 0.15) is 13.3 Å². The lowest BCUT2D eigenvalue weighted by Gasteiger charge is -2.24. The van der Waals surface area contributed by atoms with E-state index in [-0.39, 0.29) is 11.2 Å². The number of hydrogen-bond acceptors (Lipinski definition) is 5. The number of halogens is 1. The Morgan fingerprint density at radius 2 is 2.33 bits per heavy atom. The Hall–Kier alpha value is -1.54. The molecule has 0 bridgehead atoms. The molecule has 1 atom stereocenters. The van der Waals surface area contributed by atoms with Gasteiger partial charge in [0.25, 0.3) is 0 Å². The molecule has 0 aliphatic heterocycles. The normalized spacial score (nSPS) is 11.9. The third-order valence-electron chi connectivity index (χ3n) is 2.20. The number of nitrogens with zero attached hydrogens (tertiary/aromatic N) is 4. The second-order valence-electron chi connectivity index (χ2n) is 3.22. The fraction of sp³-hybridized carbons (Fsp3) is 0.444. The van der Waals surface area contributed by atoms with Crippen LogP contribution in [0.3, 0.4) is 0 Å². The van der Waals surface area contributed by atoms with Gasteiger partial charge in [-0.1, -0.05) is 11.6 Å². The molecule has 0 fully saturated rings. The molecule has 0 aliphatic rings. The van der Waals surface area contributed by atoms with Crippen molar-refractivity contribution in [3.05, 3.63) is 11.5 Å². The van der Waals surface area contributed by atoms with Crippen molar-refractivity contribution in [3.8, 4) is 6.07 Å². The highest BCUT2D eigenvalue weighted by Gasteiger charge is 2.15. The molecule has 1 aromatic heterocycles. The molecule has 1 heterocycles. The van der Waals surface area contributed by atoms with Gasteiger partial charge in [0, 0.05) is 13.1 Å². The number of nitriles is 1. The fourth-order valence-corrected chi connectivity index (χ4v) is 1.25. The number of hydrogen-bond donors (Lipinski definition) is 1. The van der Waals surface area contributed by atoms with Crippen LogP contribution >= 0.6 is 11.6 Å². The highest BCUT2D eigenvalue weighted by Crippen LogP contribution is 2.26. The maximum absolute atomic E-state index is 8.59. The summed E-state index contributed by atoms with van der Waals surface area (Å²) in [5, 5.41) is 8.82. The molecule has 5 nitrogen and oxygen atoms in total. The Bertz CT molecular complexity index is 387. The standard InChI is InChI=1S/C9H12ClN5/c1-6(3-4-11)15(2)9-7(12)8(10)13-5-14-9/h5-6H,3,12H2,1-2H3. The van der Waals surface area contributed by atoms with Crippen LogP contribution in [0.2, 0.25) is 5.15 Å². The van der Waals surface area contributed by atoms with E-state index in [0.29, 0.717) is 17.9 Å². The lowest BCUT2D eigenvalue weighted by molar-refractivity contribution is 0.694. The van der Waals surface area contributed by atoms with Crippen LogP contribution in [0.25, 0.3) is 0 Å². The average molecular weight is 226 g/mol. The first-order valence-corrected chi connectivity index (χ1v) is 4.81. The first-order chi connectivity index (χ1) is 7.07. The minimum atomic E-state index is 0.0308. The summed E-state index contributed by atoms with van der Waals surface area (Å²) in [6, 6.07) is 2.12. The molecule has 2 N–H and O–H groups in total. The number of nitrogens with two attached hydrogens (primary N) is 1. The first kappa shape index (κ1) is 11.5. The maximum atomic E-state index is 8.59. The maximum Gasteiger partial charge on any atom is 0.157 e. The molecule has 1 aromatic rings. The summed E-state index contributed by atoms with van der Waals surface area (Å²) in [5.41, 5.74) is 6.08. The van der Waals surface area contributed by atoms with Crippen molar-refractivity contribution in [2.45, 2.75) is 19.4 Å². The van der Waals surface area contributed by atoms with Gasteiger partial charge in [-0.3, -0.25) is 0 Å². The second-order valence-corrected chi connectivity index (χ2v) is 3.58. The van der Waals surface area contributed by atoms with Crippen molar-refractivity contribution in [1.82, 2.24) is 9.97 Å². The Balaban J connectivity index is 2.96. The summed E-state index contributed by atoms with van der Waals surface area (Å²) in [6.07, 6.45) is 1.75. The summed E-state index contributed by atoms with van der Waals surface area (Å²) in [4.78, 5) is 9.61. The molecule has 0 saturated heterocycles. The van der Waals surface area contributed by atoms with Crippen LogP contribution in [0, 0.1) is 11.3 Å². The number of anilines is 2. The molecule has 0 aliphatic carbocycles. The van der Waals surface area contributed by atoms with Crippen LogP contribution in [0.4, 0.5) is 11.5 Å². The summed E-state index contributed by atoms with van der Waals surface area (Å²) in [6.45, 7) is 1.92. The number of nitrogen functional groups attached to an aromatic ring is 1. The van der Waals surface area contributed by atoms with E-state index in [0.717, 1.165) is 0 Å². The fourth-order valence-electron chi connectivity index (χ4n) is 1.12. The predicted molar refractivity (Wildman–Crippen MR) is 59.5 cm³/mol. The van der Waals surface area contributed by atoms with Gasteiger partial charge in [0.1, 0.15) is 12.0 Å². The monoisotopic (exact) mass is 225 g/mol. The lowest BCUT2D eigenvalue weighted by Crippen LogP contribution is -2.30. The molecule has 0 spiro atoms. The summed E-state index contributed by atoms with van der Waals surface area (Å²) in [5.74, 6) is 0.553. The Morgan fingerprint density at radius 3 is 2.93 bits per heavy atom. The molecule has 15 heavy (non-hydrogen) atoms. The van der Waals surface area contributed by atoms with Crippen LogP contribution < -0.4 is 10.6 Å². The molecule has 0 amide bonds. The molecule has 0 radical (unpaired) electrons. The minimum Gasteiger partial charge on any atom is -0.393 e. The first-order valence-electron chi connectivity index (χ1n) is 4.43. The molecule has 0 saturated carbocycles. The van der Waals surface area contributed by atoms with Crippen molar-refractivity contribution in [1.29, 1.82) is 5.26 Å². The number of rotatable bonds is 3. The van der Waals surface area contributed by atoms with E-state index in [2.05, 4.69) is 16.0 Å². The minimum absolute atomic E-state index is 0.0308. The van der Waals surface area contributed by atoms with E-state index in [9.17, 15) is 0 Å². The molecule has 80 valence electrons. The van der Waals surface area contributed by atoms with Crippen molar-refractivity contribution in [2.24, 2.45) is 0 Å². The summed E-state index contributed by atoms with van der Waals surface area (Å²) in [7, 11) is 1.82. The third-order valence-corrected chi connectivity index (χ3v) is 2.50. The van der Waals surface area contributed by atoms with Crippen molar-refractivity contribution >= 4 is 23.1 Å². The molecule has 6 heteroatoms. The van der Waals surface area contributed by atoms with E-state index in [4.69, 9.17) is 22.6 Å². The van der Waals surface area contributed by atoms with Crippen molar-refractivity contribution in [2.75, 3.05) is 17.7 Å². The van der Waals surface area contributed by atoms with Gasteiger partial charge >= 0.3 is 0 Å². The van der Waals surface area contributed by atoms with Gasteiger partial charge < -0.3 is 10.6 Å². The van der Waals surface area contributed by atoms with Gasteiger partial charge in [-0.15, -0.1) is 0 Å². The van der Waals surface area contributed by atoms with Gasteiger partial charge in [0.2, 0.25) is 0 Å². The summed E-state index contributed by atoms with van der Waals surface area (Å²) < 4.78 is 0. The predicted octanol–water partition coefficient (Wildman–Crippen LogP) is 1.45. The lowest BCUT2D eigenvalue weighted by atomic mass is 10.2. The molecular formula is C9H12ClN5. The van der Waals surface area contributed by atoms with E-state index in [1.165, 1.54) is 6.33 Å². The molecule has 1 rings (SSSR count). The van der Waals surface area contributed by atoms with Crippen LogP contribution in [0.15, 0.2) is 6.33 Å². The van der Waals surface area contributed by atoms with Gasteiger partial charge in [-0.05, 0) is 6.92 Å². The Morgan fingerprint density at radius 1 is 1.67 bits per heavy atom. The van der Waals surface area contributed by atoms with E-state index in [1.54, 1.807) is 0 Å². The highest BCUT2D eigenvalue weighted by atomic mass is 35.5. The Kier molecular flexibility index (Phi) is 3.69. The van der Waals surface area contributed by atoms with Crippen LogP contribution in [-0.4, -0.2) is 23.1 Å². The van der Waals surface area contributed by atoms with Gasteiger partial charge in [0.15, 0.2) is 11.0 Å². The quantitative estimate of drug-likeness (QED) is 0.788. The van der Waals surface area contributed by atoms with E-state index in [1.807, 2.05) is 18.9 Å². The summed E-state index contributed by atoms with van der Waals surface area (Å²) >= 11 is 5.77. The van der Waals surface area contributed by atoms with Crippen molar-refractivity contribution < 1.29 is 0 Å². The zero-order chi connectivity index (χ0) is 11.4. The molecule has 0 aromatic carbocycles. The van der Waals surface area contributed by atoms with Crippen LogP contribution in [0.5, 0.6) is 0 Å². The smallest absolute Gasteiger partial charge is 0.157 e.